The third-order valence-electron chi connectivity index (χ3n) is 5.80. The van der Waals surface area contributed by atoms with Crippen molar-refractivity contribution in [3.8, 4) is 22.9 Å². The number of hydrogen-bond donors (Lipinski definition) is 1. The summed E-state index contributed by atoms with van der Waals surface area (Å²) in [5, 5.41) is 0.761. The lowest BCUT2D eigenvalue weighted by atomic mass is 10.1. The van der Waals surface area contributed by atoms with Crippen molar-refractivity contribution in [2.45, 2.75) is 11.4 Å². The third-order valence-corrected chi connectivity index (χ3v) is 7.21. The van der Waals surface area contributed by atoms with Gasteiger partial charge < -0.3 is 14.0 Å². The van der Waals surface area contributed by atoms with Crippen molar-refractivity contribution in [1.82, 2.24) is 14.5 Å². The average molecular weight is 501 g/mol. The molecule has 5 rings (SSSR count). The lowest BCUT2D eigenvalue weighted by Gasteiger charge is -2.13. The van der Waals surface area contributed by atoms with E-state index in [0.29, 0.717) is 29.2 Å². The molecule has 9 heteroatoms. The number of nitrogens with one attached hydrogen (secondary N) is 1. The van der Waals surface area contributed by atoms with Gasteiger partial charge in [0.2, 0.25) is 0 Å². The Bertz CT molecular complexity index is 1620. The van der Waals surface area contributed by atoms with E-state index >= 15 is 0 Å². The molecule has 2 aromatic heterocycles. The van der Waals surface area contributed by atoms with Crippen LogP contribution in [0.1, 0.15) is 5.56 Å². The number of pyridine rings is 1. The van der Waals surface area contributed by atoms with Gasteiger partial charge in [0.05, 0.1) is 19.7 Å². The fourth-order valence-electron chi connectivity index (χ4n) is 4.06. The number of methoxy groups -OCH3 is 2. The molecule has 8 nitrogen and oxygen atoms in total. The molecule has 0 aliphatic heterocycles. The number of para-hydroxylation sites is 1. The van der Waals surface area contributed by atoms with E-state index in [4.69, 9.17) is 9.47 Å². The van der Waals surface area contributed by atoms with Crippen molar-refractivity contribution in [1.29, 1.82) is 0 Å². The first-order valence-electron chi connectivity index (χ1n) is 11.2. The van der Waals surface area contributed by atoms with Crippen molar-refractivity contribution in [3.63, 3.8) is 0 Å². The molecular weight excluding hydrogens is 476 g/mol. The van der Waals surface area contributed by atoms with Gasteiger partial charge >= 0.3 is 0 Å². The molecule has 0 aliphatic rings. The van der Waals surface area contributed by atoms with E-state index in [9.17, 15) is 8.42 Å². The van der Waals surface area contributed by atoms with E-state index in [0.717, 1.165) is 22.3 Å². The topological polar surface area (TPSA) is 95.3 Å². The summed E-state index contributed by atoms with van der Waals surface area (Å²) in [6.07, 6.45) is 5.22. The van der Waals surface area contributed by atoms with Gasteiger partial charge in [0.15, 0.2) is 11.5 Å². The molecule has 0 unspecified atom stereocenters. The average Bonchev–Trinajstić information content (AvgIpc) is 3.36. The number of sulfonamides is 1. The van der Waals surface area contributed by atoms with Gasteiger partial charge in [-0.1, -0.05) is 24.3 Å². The van der Waals surface area contributed by atoms with Crippen LogP contribution in [-0.4, -0.2) is 37.2 Å². The van der Waals surface area contributed by atoms with Crippen LogP contribution in [-0.2, 0) is 16.6 Å². The number of hydrogen-bond acceptors (Lipinski definition) is 6. The summed E-state index contributed by atoms with van der Waals surface area (Å²) in [6, 6.07) is 21.6. The monoisotopic (exact) mass is 500 g/mol. The maximum atomic E-state index is 13.1. The second-order valence-corrected chi connectivity index (χ2v) is 9.73. The summed E-state index contributed by atoms with van der Waals surface area (Å²) in [7, 11) is -0.610. The molecule has 0 saturated carbocycles. The van der Waals surface area contributed by atoms with Crippen molar-refractivity contribution >= 4 is 26.6 Å². The van der Waals surface area contributed by atoms with Gasteiger partial charge in [-0.05, 0) is 54.1 Å². The first-order chi connectivity index (χ1) is 17.5. The molecule has 2 heterocycles. The Morgan fingerprint density at radius 2 is 1.64 bits per heavy atom. The first-order valence-corrected chi connectivity index (χ1v) is 12.7. The van der Waals surface area contributed by atoms with Gasteiger partial charge in [-0.2, -0.15) is 0 Å². The summed E-state index contributed by atoms with van der Waals surface area (Å²) in [6.45, 7) is 0.581. The smallest absolute Gasteiger partial charge is 0.264 e. The molecule has 182 valence electrons. The van der Waals surface area contributed by atoms with E-state index in [2.05, 4.69) is 14.7 Å². The predicted molar refractivity (Wildman–Crippen MR) is 139 cm³/mol. The molecule has 0 fully saturated rings. The van der Waals surface area contributed by atoms with E-state index in [1.807, 2.05) is 53.2 Å². The number of aromatic nitrogens is 3. The second kappa shape index (κ2) is 9.71. The molecule has 0 amide bonds. The van der Waals surface area contributed by atoms with Crippen LogP contribution in [0.5, 0.6) is 11.5 Å². The number of rotatable bonds is 8. The highest BCUT2D eigenvalue weighted by Gasteiger charge is 2.18. The van der Waals surface area contributed by atoms with Gasteiger partial charge in [-0.15, -0.1) is 0 Å². The van der Waals surface area contributed by atoms with Crippen LogP contribution in [0.4, 0.5) is 5.69 Å². The fourth-order valence-corrected chi connectivity index (χ4v) is 5.30. The van der Waals surface area contributed by atoms with Crippen LogP contribution in [0.2, 0.25) is 0 Å². The molecule has 3 aromatic carbocycles. The Balaban J connectivity index is 1.37. The zero-order chi connectivity index (χ0) is 25.1. The van der Waals surface area contributed by atoms with Gasteiger partial charge in [0.25, 0.3) is 10.0 Å². The van der Waals surface area contributed by atoms with Crippen LogP contribution in [0.3, 0.4) is 0 Å². The summed E-state index contributed by atoms with van der Waals surface area (Å²) in [5.74, 6) is 2.09. The van der Waals surface area contributed by atoms with E-state index in [1.54, 1.807) is 56.9 Å². The van der Waals surface area contributed by atoms with Crippen LogP contribution in [0.25, 0.3) is 22.3 Å². The number of nitrogens with zero attached hydrogens (tertiary/aromatic N) is 3. The van der Waals surface area contributed by atoms with Gasteiger partial charge in [0, 0.05) is 41.8 Å². The van der Waals surface area contributed by atoms with Crippen molar-refractivity contribution in [2.75, 3.05) is 18.9 Å². The molecule has 0 saturated heterocycles. The van der Waals surface area contributed by atoms with Crippen molar-refractivity contribution < 1.29 is 17.9 Å². The highest BCUT2D eigenvalue weighted by atomic mass is 32.2. The summed E-state index contributed by atoms with van der Waals surface area (Å²) in [4.78, 5) is 8.90. The van der Waals surface area contributed by atoms with Crippen LogP contribution in [0.15, 0.2) is 96.3 Å². The summed E-state index contributed by atoms with van der Waals surface area (Å²) >= 11 is 0. The fraction of sp³-hybridized carbons (Fsp3) is 0.111. The number of anilines is 1. The molecule has 0 spiro atoms. The normalized spacial score (nSPS) is 11.4. The lowest BCUT2D eigenvalue weighted by Crippen LogP contribution is -2.13. The molecule has 0 atom stereocenters. The zero-order valence-corrected chi connectivity index (χ0v) is 20.6. The highest BCUT2D eigenvalue weighted by Crippen LogP contribution is 2.29. The van der Waals surface area contributed by atoms with E-state index in [1.165, 1.54) is 0 Å². The minimum Gasteiger partial charge on any atom is -0.493 e. The standard InChI is InChI=1S/C27H24N4O4S/c1-34-23-13-8-19(17-24(23)35-2)18-31-16-15-29-27(31)21-9-11-22(12-10-21)30-36(32,33)25-7-3-5-20-6-4-14-28-26(20)25/h3-17,30H,18H2,1-2H3. The Kier molecular flexibility index (Phi) is 6.30. The van der Waals surface area contributed by atoms with Gasteiger partial charge in [0.1, 0.15) is 10.7 Å². The van der Waals surface area contributed by atoms with Crippen LogP contribution < -0.4 is 14.2 Å². The van der Waals surface area contributed by atoms with Gasteiger partial charge in [-0.25, -0.2) is 13.4 Å². The number of imidazole rings is 1. The molecule has 0 bridgehead atoms. The Morgan fingerprint density at radius 1 is 0.861 bits per heavy atom. The Hall–Kier alpha value is -4.37. The van der Waals surface area contributed by atoms with Crippen LogP contribution >= 0.6 is 0 Å². The maximum Gasteiger partial charge on any atom is 0.264 e. The second-order valence-electron chi connectivity index (χ2n) is 8.08. The highest BCUT2D eigenvalue weighted by molar-refractivity contribution is 7.93. The predicted octanol–water partition coefficient (Wildman–Crippen LogP) is 4.96. The maximum absolute atomic E-state index is 13.1. The minimum atomic E-state index is -3.82. The molecule has 36 heavy (non-hydrogen) atoms. The summed E-state index contributed by atoms with van der Waals surface area (Å²) in [5.41, 5.74) is 2.77. The molecule has 0 radical (unpaired) electrons. The Labute approximate surface area is 209 Å². The van der Waals surface area contributed by atoms with Crippen LogP contribution in [0, 0.1) is 0 Å². The minimum absolute atomic E-state index is 0.134. The molecule has 5 aromatic rings. The Morgan fingerprint density at radius 3 is 2.42 bits per heavy atom. The number of benzene rings is 3. The number of fused-ring (bicyclic) bond motifs is 1. The quantitative estimate of drug-likeness (QED) is 0.323. The van der Waals surface area contributed by atoms with Gasteiger partial charge in [-0.3, -0.25) is 9.71 Å². The number of ether oxygens (including phenoxy) is 2. The van der Waals surface area contributed by atoms with Crippen molar-refractivity contribution in [2.24, 2.45) is 0 Å². The third kappa shape index (κ3) is 4.60. The molecule has 1 N–H and O–H groups in total. The SMILES string of the molecule is COc1ccc(Cn2ccnc2-c2ccc(NS(=O)(=O)c3cccc4cccnc34)cc2)cc1OC. The van der Waals surface area contributed by atoms with E-state index < -0.39 is 10.0 Å². The summed E-state index contributed by atoms with van der Waals surface area (Å²) < 4.78 is 41.6. The lowest BCUT2D eigenvalue weighted by molar-refractivity contribution is 0.354. The zero-order valence-electron chi connectivity index (χ0n) is 19.8. The molecular formula is C27H24N4O4S. The molecule has 0 aliphatic carbocycles. The largest absolute Gasteiger partial charge is 0.493 e. The first kappa shape index (κ1) is 23.4. The van der Waals surface area contributed by atoms with E-state index in [-0.39, 0.29) is 4.90 Å². The van der Waals surface area contributed by atoms with Crippen molar-refractivity contribution in [3.05, 3.63) is 97.0 Å².